The molecule has 0 saturated heterocycles. The molecule has 0 aliphatic rings. The number of hydrogen-bond donors (Lipinski definition) is 1. The molecule has 0 aliphatic carbocycles. The highest BCUT2D eigenvalue weighted by Crippen LogP contribution is 2.12. The molecule has 0 unspecified atom stereocenters. The summed E-state index contributed by atoms with van der Waals surface area (Å²) in [7, 11) is 0. The molecule has 0 bridgehead atoms. The minimum absolute atomic E-state index is 0.0719. The van der Waals surface area contributed by atoms with Crippen LogP contribution in [0, 0.1) is 6.92 Å². The summed E-state index contributed by atoms with van der Waals surface area (Å²) in [4.78, 5) is 5.62. The zero-order chi connectivity index (χ0) is 12.0. The quantitative estimate of drug-likeness (QED) is 0.746. The molecule has 0 radical (unpaired) electrons. The summed E-state index contributed by atoms with van der Waals surface area (Å²) in [5.41, 5.74) is 3.00. The summed E-state index contributed by atoms with van der Waals surface area (Å²) in [5, 5.41) is 3.43. The normalized spacial score (nSPS) is 12.0. The molecular formula is C12H22N2OS. The van der Waals surface area contributed by atoms with E-state index in [1.807, 2.05) is 12.4 Å². The largest absolute Gasteiger partial charge is 0.375 e. The van der Waals surface area contributed by atoms with Gasteiger partial charge in [-0.1, -0.05) is 0 Å². The van der Waals surface area contributed by atoms with Gasteiger partial charge in [-0.3, -0.25) is 0 Å². The highest BCUT2D eigenvalue weighted by atomic mass is 32.1. The second-order valence-electron chi connectivity index (χ2n) is 4.48. The van der Waals surface area contributed by atoms with Gasteiger partial charge in [0.05, 0.1) is 16.8 Å². The predicted octanol–water partition coefficient (Wildman–Crippen LogP) is 2.40. The topological polar surface area (TPSA) is 34.1 Å². The third-order valence-electron chi connectivity index (χ3n) is 2.46. The van der Waals surface area contributed by atoms with Crippen LogP contribution in [0.3, 0.4) is 0 Å². The van der Waals surface area contributed by atoms with Crippen molar-refractivity contribution in [2.75, 3.05) is 19.7 Å². The van der Waals surface area contributed by atoms with Crippen LogP contribution in [0.2, 0.25) is 0 Å². The fraction of sp³-hybridized carbons (Fsp3) is 0.750. The maximum absolute atomic E-state index is 5.62. The van der Waals surface area contributed by atoms with Crippen LogP contribution in [-0.2, 0) is 11.2 Å². The van der Waals surface area contributed by atoms with Crippen LogP contribution in [-0.4, -0.2) is 30.3 Å². The Labute approximate surface area is 102 Å². The number of aryl methyl sites for hydroxylation is 1. The lowest BCUT2D eigenvalue weighted by atomic mass is 10.1. The van der Waals surface area contributed by atoms with Crippen LogP contribution < -0.4 is 5.32 Å². The molecule has 1 heterocycles. The Morgan fingerprint density at radius 1 is 1.50 bits per heavy atom. The van der Waals surface area contributed by atoms with Crippen LogP contribution in [0.4, 0.5) is 0 Å². The van der Waals surface area contributed by atoms with Gasteiger partial charge in [0.15, 0.2) is 0 Å². The fourth-order valence-electron chi connectivity index (χ4n) is 1.60. The summed E-state index contributed by atoms with van der Waals surface area (Å²) >= 11 is 1.74. The van der Waals surface area contributed by atoms with Gasteiger partial charge < -0.3 is 10.1 Å². The number of rotatable bonds is 7. The van der Waals surface area contributed by atoms with E-state index in [1.54, 1.807) is 11.3 Å². The zero-order valence-electron chi connectivity index (χ0n) is 10.7. The van der Waals surface area contributed by atoms with Crippen molar-refractivity contribution < 1.29 is 4.74 Å². The molecule has 16 heavy (non-hydrogen) atoms. The Morgan fingerprint density at radius 2 is 2.25 bits per heavy atom. The predicted molar refractivity (Wildman–Crippen MR) is 69.1 cm³/mol. The van der Waals surface area contributed by atoms with Gasteiger partial charge in [-0.05, 0) is 34.1 Å². The lowest BCUT2D eigenvalue weighted by molar-refractivity contribution is -0.00856. The molecule has 1 N–H and O–H groups in total. The van der Waals surface area contributed by atoms with E-state index in [4.69, 9.17) is 4.74 Å². The molecule has 1 aromatic heterocycles. The van der Waals surface area contributed by atoms with Crippen LogP contribution in [0.5, 0.6) is 0 Å². The maximum atomic E-state index is 5.62. The van der Waals surface area contributed by atoms with Crippen LogP contribution in [0.25, 0.3) is 0 Å². The molecule has 92 valence electrons. The Hall–Kier alpha value is -0.450. The third-order valence-corrected chi connectivity index (χ3v) is 3.45. The first kappa shape index (κ1) is 13.6. The first-order valence-electron chi connectivity index (χ1n) is 5.79. The molecule has 4 heteroatoms. The molecule has 0 spiro atoms. The second-order valence-corrected chi connectivity index (χ2v) is 5.42. The van der Waals surface area contributed by atoms with Gasteiger partial charge in [-0.15, -0.1) is 11.3 Å². The Bertz CT molecular complexity index is 310. The Kier molecular flexibility index (Phi) is 5.38. The molecule has 0 atom stereocenters. The number of nitrogens with zero attached hydrogens (tertiary/aromatic N) is 1. The highest BCUT2D eigenvalue weighted by molar-refractivity contribution is 7.09. The van der Waals surface area contributed by atoms with E-state index in [0.717, 1.165) is 31.8 Å². The average molecular weight is 242 g/mol. The van der Waals surface area contributed by atoms with E-state index in [1.165, 1.54) is 4.88 Å². The van der Waals surface area contributed by atoms with Crippen molar-refractivity contribution >= 4 is 11.3 Å². The van der Waals surface area contributed by atoms with Crippen LogP contribution in [0.15, 0.2) is 5.51 Å². The number of hydrogen-bond acceptors (Lipinski definition) is 4. The van der Waals surface area contributed by atoms with E-state index < -0.39 is 0 Å². The molecule has 0 aliphatic heterocycles. The summed E-state index contributed by atoms with van der Waals surface area (Å²) in [6.45, 7) is 11.0. The van der Waals surface area contributed by atoms with Gasteiger partial charge in [-0.25, -0.2) is 4.98 Å². The average Bonchev–Trinajstić information content (AvgIpc) is 2.59. The fourth-order valence-corrected chi connectivity index (χ4v) is 2.38. The first-order chi connectivity index (χ1) is 7.55. The zero-order valence-corrected chi connectivity index (χ0v) is 11.5. The van der Waals surface area contributed by atoms with Crippen molar-refractivity contribution in [2.24, 2.45) is 0 Å². The lowest BCUT2D eigenvalue weighted by Crippen LogP contribution is -2.38. The smallest absolute Gasteiger partial charge is 0.0797 e. The van der Waals surface area contributed by atoms with E-state index >= 15 is 0 Å². The molecule has 1 aromatic rings. The molecule has 1 rings (SSSR count). The van der Waals surface area contributed by atoms with Crippen LogP contribution >= 0.6 is 11.3 Å². The van der Waals surface area contributed by atoms with Gasteiger partial charge in [-0.2, -0.15) is 0 Å². The van der Waals surface area contributed by atoms with E-state index in [-0.39, 0.29) is 5.60 Å². The van der Waals surface area contributed by atoms with Crippen molar-refractivity contribution in [1.29, 1.82) is 0 Å². The van der Waals surface area contributed by atoms with Crippen molar-refractivity contribution in [2.45, 2.75) is 39.7 Å². The Morgan fingerprint density at radius 3 is 2.81 bits per heavy atom. The molecular weight excluding hydrogens is 220 g/mol. The minimum Gasteiger partial charge on any atom is -0.375 e. The highest BCUT2D eigenvalue weighted by Gasteiger charge is 2.16. The van der Waals surface area contributed by atoms with Crippen molar-refractivity contribution in [1.82, 2.24) is 10.3 Å². The Balaban J connectivity index is 2.19. The number of aromatic nitrogens is 1. The first-order valence-corrected chi connectivity index (χ1v) is 6.67. The molecule has 0 fully saturated rings. The number of ether oxygens (including phenoxy) is 1. The summed E-state index contributed by atoms with van der Waals surface area (Å²) in [6.07, 6.45) is 1.05. The van der Waals surface area contributed by atoms with Gasteiger partial charge in [0.25, 0.3) is 0 Å². The lowest BCUT2D eigenvalue weighted by Gasteiger charge is -2.24. The number of thiazole rings is 1. The van der Waals surface area contributed by atoms with Crippen molar-refractivity contribution in [3.63, 3.8) is 0 Å². The van der Waals surface area contributed by atoms with Gasteiger partial charge in [0.2, 0.25) is 0 Å². The molecule has 3 nitrogen and oxygen atoms in total. The van der Waals surface area contributed by atoms with Gasteiger partial charge >= 0.3 is 0 Å². The SMILES string of the molecule is CCOC(C)(C)CNCCc1scnc1C. The standard InChI is InChI=1S/C12H22N2OS/c1-5-15-12(3,4)8-13-7-6-11-10(2)14-9-16-11/h9,13H,5-8H2,1-4H3. The van der Waals surface area contributed by atoms with Crippen molar-refractivity contribution in [3.8, 4) is 0 Å². The maximum Gasteiger partial charge on any atom is 0.0797 e. The van der Waals surface area contributed by atoms with E-state index in [0.29, 0.717) is 0 Å². The monoisotopic (exact) mass is 242 g/mol. The van der Waals surface area contributed by atoms with E-state index in [9.17, 15) is 0 Å². The summed E-state index contributed by atoms with van der Waals surface area (Å²) < 4.78 is 5.62. The second kappa shape index (κ2) is 6.33. The summed E-state index contributed by atoms with van der Waals surface area (Å²) in [5.74, 6) is 0. The number of nitrogens with one attached hydrogen (secondary N) is 1. The minimum atomic E-state index is -0.0719. The molecule has 0 amide bonds. The van der Waals surface area contributed by atoms with Gasteiger partial charge in [0, 0.05) is 24.6 Å². The van der Waals surface area contributed by atoms with E-state index in [2.05, 4.69) is 31.1 Å². The molecule has 0 saturated carbocycles. The summed E-state index contributed by atoms with van der Waals surface area (Å²) in [6, 6.07) is 0. The van der Waals surface area contributed by atoms with Gasteiger partial charge in [0.1, 0.15) is 0 Å². The third kappa shape index (κ3) is 4.60. The van der Waals surface area contributed by atoms with Crippen molar-refractivity contribution in [3.05, 3.63) is 16.1 Å². The van der Waals surface area contributed by atoms with Crippen LogP contribution in [0.1, 0.15) is 31.3 Å². The molecule has 0 aromatic carbocycles.